The first-order valence-corrected chi connectivity index (χ1v) is 16.1. The van der Waals surface area contributed by atoms with Gasteiger partial charge >= 0.3 is 0 Å². The predicted molar refractivity (Wildman–Crippen MR) is 185 cm³/mol. The summed E-state index contributed by atoms with van der Waals surface area (Å²) in [5.74, 6) is 1.01. The van der Waals surface area contributed by atoms with Gasteiger partial charge in [-0.2, -0.15) is 0 Å². The molecular formula is C37H44N4O6. The molecular weight excluding hydrogens is 596 g/mol. The summed E-state index contributed by atoms with van der Waals surface area (Å²) in [6, 6.07) is 14.1. The van der Waals surface area contributed by atoms with E-state index in [-0.39, 0.29) is 28.8 Å². The Hall–Kier alpha value is -4.99. The topological polar surface area (TPSA) is 131 Å². The molecule has 1 heterocycles. The van der Waals surface area contributed by atoms with Crippen LogP contribution in [0.5, 0.6) is 17.2 Å². The number of benzene rings is 2. The van der Waals surface area contributed by atoms with Gasteiger partial charge in [0, 0.05) is 36.1 Å². The van der Waals surface area contributed by atoms with Crippen molar-refractivity contribution in [2.24, 2.45) is 5.92 Å². The lowest BCUT2D eigenvalue weighted by atomic mass is 9.95. The maximum atomic E-state index is 13.9. The monoisotopic (exact) mass is 640 g/mol. The van der Waals surface area contributed by atoms with Crippen LogP contribution in [0.25, 0.3) is 22.0 Å². The molecule has 4 aromatic rings. The molecule has 0 saturated carbocycles. The highest BCUT2D eigenvalue weighted by atomic mass is 16.5. The van der Waals surface area contributed by atoms with Crippen molar-refractivity contribution in [2.75, 3.05) is 33.2 Å². The van der Waals surface area contributed by atoms with E-state index in [0.29, 0.717) is 48.6 Å². The number of aryl methyl sites for hydroxylation is 1. The van der Waals surface area contributed by atoms with Gasteiger partial charge in [0.1, 0.15) is 6.04 Å². The number of para-hydroxylation sites is 1. The van der Waals surface area contributed by atoms with Crippen LogP contribution in [-0.2, 0) is 22.4 Å². The fraction of sp³-hybridized carbons (Fsp3) is 0.378. The van der Waals surface area contributed by atoms with Gasteiger partial charge in [-0.05, 0) is 71.7 Å². The molecule has 0 spiro atoms. The van der Waals surface area contributed by atoms with E-state index in [1.54, 1.807) is 33.5 Å². The Bertz CT molecular complexity index is 1830. The fourth-order valence-electron chi connectivity index (χ4n) is 6.47. The lowest BCUT2D eigenvalue weighted by Gasteiger charge is -2.24. The lowest BCUT2D eigenvalue weighted by molar-refractivity contribution is -0.123. The average molecular weight is 641 g/mol. The molecule has 0 saturated heterocycles. The van der Waals surface area contributed by atoms with Crippen molar-refractivity contribution >= 4 is 28.4 Å². The van der Waals surface area contributed by atoms with Crippen LogP contribution >= 0.6 is 0 Å². The zero-order valence-corrected chi connectivity index (χ0v) is 27.9. The molecule has 0 unspecified atom stereocenters. The number of nitrogens with one attached hydrogen (secondary N) is 4. The molecule has 1 aliphatic rings. The smallest absolute Gasteiger partial charge is 0.242 e. The van der Waals surface area contributed by atoms with Crippen molar-refractivity contribution in [3.05, 3.63) is 81.6 Å². The van der Waals surface area contributed by atoms with Gasteiger partial charge in [0.05, 0.1) is 33.1 Å². The maximum absolute atomic E-state index is 13.9. The van der Waals surface area contributed by atoms with Crippen LogP contribution < -0.4 is 35.6 Å². The number of hydrogen-bond donors (Lipinski definition) is 4. The Balaban J connectivity index is 1.50. The van der Waals surface area contributed by atoms with E-state index in [1.807, 2.05) is 50.4 Å². The molecule has 5 rings (SSSR count). The van der Waals surface area contributed by atoms with Crippen molar-refractivity contribution in [3.8, 4) is 28.4 Å². The lowest BCUT2D eigenvalue weighted by Crippen LogP contribution is -2.45. The summed E-state index contributed by atoms with van der Waals surface area (Å²) in [6.07, 6.45) is 4.53. The summed E-state index contributed by atoms with van der Waals surface area (Å²) in [5, 5.41) is 10.5. The number of amides is 2. The quantitative estimate of drug-likeness (QED) is 0.160. The SMILES string of the molecule is CC[C@H](C)[C@@H](Nc1ccc2c(cc1=O)[C@H](NC(C)=O)CCc1cc(OC)c(OC)c(OC)c1-2)C(=O)NCCc1c[nH]c2ccccc12. The van der Waals surface area contributed by atoms with Gasteiger partial charge in [0.15, 0.2) is 11.5 Å². The number of aromatic nitrogens is 1. The first-order chi connectivity index (χ1) is 22.7. The maximum Gasteiger partial charge on any atom is 0.242 e. The minimum atomic E-state index is -0.643. The standard InChI is InChI=1S/C37H44N4O6/c1-7-21(2)34(37(44)38-17-16-24-20-39-28-11-9-8-10-25(24)28)41-30-15-13-26-27(19-31(30)43)29(40-22(3)42)14-12-23-18-32(45-4)35(46-5)36(47-6)33(23)26/h8-11,13,15,18-21,29,34,39H,7,12,14,16-17H2,1-6H3,(H,38,44)(H,40,42)(H,41,43)/t21-,29+,34+/m0/s1. The van der Waals surface area contributed by atoms with E-state index in [1.165, 1.54) is 6.92 Å². The number of carbonyl (C=O) groups excluding carboxylic acids is 2. The zero-order chi connectivity index (χ0) is 33.7. The summed E-state index contributed by atoms with van der Waals surface area (Å²) in [4.78, 5) is 43.1. The van der Waals surface area contributed by atoms with Gasteiger partial charge in [0.2, 0.25) is 23.0 Å². The molecule has 47 heavy (non-hydrogen) atoms. The van der Waals surface area contributed by atoms with Crippen molar-refractivity contribution in [2.45, 2.75) is 58.5 Å². The first kappa shape index (κ1) is 33.4. The average Bonchev–Trinajstić information content (AvgIpc) is 3.34. The van der Waals surface area contributed by atoms with E-state index in [4.69, 9.17) is 14.2 Å². The van der Waals surface area contributed by atoms with Gasteiger partial charge in [0.25, 0.3) is 0 Å². The van der Waals surface area contributed by atoms with Crippen LogP contribution in [-0.4, -0.2) is 50.7 Å². The summed E-state index contributed by atoms with van der Waals surface area (Å²) in [5.41, 5.74) is 5.28. The molecule has 0 fully saturated rings. The third kappa shape index (κ3) is 6.91. The number of fused-ring (bicyclic) bond motifs is 4. The number of H-pyrrole nitrogens is 1. The number of methoxy groups -OCH3 is 3. The summed E-state index contributed by atoms with van der Waals surface area (Å²) in [6.45, 7) is 5.93. The normalized spacial score (nSPS) is 15.0. The summed E-state index contributed by atoms with van der Waals surface area (Å²) < 4.78 is 17.2. The third-order valence-electron chi connectivity index (χ3n) is 9.09. The molecule has 3 atom stereocenters. The fourth-order valence-corrected chi connectivity index (χ4v) is 6.47. The minimum Gasteiger partial charge on any atom is -0.493 e. The number of anilines is 1. The van der Waals surface area contributed by atoms with E-state index >= 15 is 0 Å². The van der Waals surface area contributed by atoms with Crippen LogP contribution in [0, 0.1) is 5.92 Å². The highest BCUT2D eigenvalue weighted by Crippen LogP contribution is 2.50. The van der Waals surface area contributed by atoms with E-state index < -0.39 is 12.1 Å². The zero-order valence-electron chi connectivity index (χ0n) is 27.9. The van der Waals surface area contributed by atoms with Gasteiger partial charge in [-0.25, -0.2) is 0 Å². The van der Waals surface area contributed by atoms with Crippen LogP contribution in [0.2, 0.25) is 0 Å². The third-order valence-corrected chi connectivity index (χ3v) is 9.09. The number of ether oxygens (including phenoxy) is 3. The number of aromatic amines is 1. The Morgan fingerprint density at radius 2 is 1.79 bits per heavy atom. The van der Waals surface area contributed by atoms with E-state index in [2.05, 4.69) is 27.0 Å². The predicted octanol–water partition coefficient (Wildman–Crippen LogP) is 5.53. The van der Waals surface area contributed by atoms with Crippen LogP contribution in [0.1, 0.15) is 56.3 Å². The van der Waals surface area contributed by atoms with Gasteiger partial charge in [-0.3, -0.25) is 14.4 Å². The number of rotatable bonds is 12. The highest BCUT2D eigenvalue weighted by Gasteiger charge is 2.30. The van der Waals surface area contributed by atoms with Crippen molar-refractivity contribution < 1.29 is 23.8 Å². The largest absolute Gasteiger partial charge is 0.493 e. The summed E-state index contributed by atoms with van der Waals surface area (Å²) in [7, 11) is 4.69. The van der Waals surface area contributed by atoms with Crippen molar-refractivity contribution in [1.82, 2.24) is 15.6 Å². The van der Waals surface area contributed by atoms with Gasteiger partial charge in [-0.1, -0.05) is 44.5 Å². The molecule has 1 aliphatic carbocycles. The van der Waals surface area contributed by atoms with Crippen LogP contribution in [0.3, 0.4) is 0 Å². The highest BCUT2D eigenvalue weighted by molar-refractivity contribution is 5.87. The molecule has 0 aliphatic heterocycles. The molecule has 0 radical (unpaired) electrons. The van der Waals surface area contributed by atoms with Crippen molar-refractivity contribution in [3.63, 3.8) is 0 Å². The molecule has 4 N–H and O–H groups in total. The van der Waals surface area contributed by atoms with E-state index in [9.17, 15) is 14.4 Å². The Morgan fingerprint density at radius 3 is 2.49 bits per heavy atom. The number of hydrogen-bond acceptors (Lipinski definition) is 7. The second-order valence-electron chi connectivity index (χ2n) is 12.0. The number of carbonyl (C=O) groups is 2. The molecule has 1 aromatic heterocycles. The van der Waals surface area contributed by atoms with Gasteiger partial charge in [-0.15, -0.1) is 0 Å². The molecule has 0 bridgehead atoms. The molecule has 2 amide bonds. The summed E-state index contributed by atoms with van der Waals surface area (Å²) >= 11 is 0. The Kier molecular flexibility index (Phi) is 10.4. The van der Waals surface area contributed by atoms with Crippen molar-refractivity contribution in [1.29, 1.82) is 0 Å². The Morgan fingerprint density at radius 1 is 1.02 bits per heavy atom. The second kappa shape index (κ2) is 14.6. The van der Waals surface area contributed by atoms with Crippen LogP contribution in [0.4, 0.5) is 5.69 Å². The molecule has 3 aromatic carbocycles. The Labute approximate surface area is 275 Å². The van der Waals surface area contributed by atoms with E-state index in [0.717, 1.165) is 39.6 Å². The molecule has 248 valence electrons. The van der Waals surface area contributed by atoms with Gasteiger partial charge < -0.3 is 35.1 Å². The molecule has 10 heteroatoms. The first-order valence-electron chi connectivity index (χ1n) is 16.1. The van der Waals surface area contributed by atoms with Crippen LogP contribution in [0.15, 0.2) is 59.5 Å². The molecule has 10 nitrogen and oxygen atoms in total. The minimum absolute atomic E-state index is 0.0597. The second-order valence-corrected chi connectivity index (χ2v) is 12.0.